The molecule has 2 rings (SSSR count). The summed E-state index contributed by atoms with van der Waals surface area (Å²) in [4.78, 5) is 0. The van der Waals surface area contributed by atoms with Crippen LogP contribution in [-0.4, -0.2) is 23.6 Å². The SMILES string of the molecule is ONCc1ccc(OCCCCCCCCOc2ccc(CNO)cc2)cc1. The van der Waals surface area contributed by atoms with E-state index in [1.54, 1.807) is 0 Å². The highest BCUT2D eigenvalue weighted by Gasteiger charge is 1.98. The molecular weight excluding hydrogens is 356 g/mol. The summed E-state index contributed by atoms with van der Waals surface area (Å²) in [5, 5.41) is 17.3. The average Bonchev–Trinajstić information content (AvgIpc) is 2.72. The minimum absolute atomic E-state index is 0.444. The van der Waals surface area contributed by atoms with Gasteiger partial charge in [-0.15, -0.1) is 0 Å². The van der Waals surface area contributed by atoms with E-state index in [0.717, 1.165) is 48.7 Å². The Morgan fingerprint density at radius 1 is 0.536 bits per heavy atom. The number of hydrogen-bond donors (Lipinski definition) is 4. The van der Waals surface area contributed by atoms with E-state index in [0.29, 0.717) is 13.1 Å². The molecule has 0 bridgehead atoms. The molecule has 154 valence electrons. The molecule has 0 aliphatic rings. The van der Waals surface area contributed by atoms with Crippen molar-refractivity contribution in [1.82, 2.24) is 11.0 Å². The van der Waals surface area contributed by atoms with Gasteiger partial charge in [0.2, 0.25) is 0 Å². The zero-order valence-corrected chi connectivity index (χ0v) is 16.4. The predicted octanol–water partition coefficient (Wildman–Crippen LogP) is 4.44. The normalized spacial score (nSPS) is 10.8. The average molecular weight is 389 g/mol. The highest BCUT2D eigenvalue weighted by Crippen LogP contribution is 2.15. The van der Waals surface area contributed by atoms with Crippen LogP contribution in [0.4, 0.5) is 0 Å². The molecule has 0 atom stereocenters. The van der Waals surface area contributed by atoms with E-state index < -0.39 is 0 Å². The quantitative estimate of drug-likeness (QED) is 0.267. The Hall–Kier alpha value is -2.12. The van der Waals surface area contributed by atoms with Crippen molar-refractivity contribution in [3.05, 3.63) is 59.7 Å². The van der Waals surface area contributed by atoms with Gasteiger partial charge in [0.25, 0.3) is 0 Å². The third kappa shape index (κ3) is 9.19. The Kier molecular flexibility index (Phi) is 11.1. The molecule has 0 aliphatic heterocycles. The van der Waals surface area contributed by atoms with E-state index >= 15 is 0 Å². The first kappa shape index (κ1) is 22.2. The van der Waals surface area contributed by atoms with Crippen molar-refractivity contribution < 1.29 is 19.9 Å². The monoisotopic (exact) mass is 388 g/mol. The topological polar surface area (TPSA) is 83.0 Å². The van der Waals surface area contributed by atoms with Crippen molar-refractivity contribution in [2.45, 2.75) is 51.6 Å². The van der Waals surface area contributed by atoms with Gasteiger partial charge < -0.3 is 19.9 Å². The third-order valence-corrected chi connectivity index (χ3v) is 4.49. The number of benzene rings is 2. The van der Waals surface area contributed by atoms with Crippen molar-refractivity contribution in [3.63, 3.8) is 0 Å². The molecule has 6 nitrogen and oxygen atoms in total. The zero-order valence-electron chi connectivity index (χ0n) is 16.4. The number of hydrogen-bond acceptors (Lipinski definition) is 6. The molecule has 0 aliphatic carbocycles. The molecule has 28 heavy (non-hydrogen) atoms. The first-order chi connectivity index (χ1) is 13.8. The number of unbranched alkanes of at least 4 members (excludes halogenated alkanes) is 5. The maximum absolute atomic E-state index is 8.66. The van der Waals surface area contributed by atoms with E-state index in [-0.39, 0.29) is 0 Å². The standard InChI is InChI=1S/C22H32N2O4/c25-23-17-19-7-11-21(12-8-19)27-15-5-3-1-2-4-6-16-28-22-13-9-20(10-14-22)18-24-26/h7-14,23-26H,1-6,15-18H2. The molecule has 0 amide bonds. The summed E-state index contributed by atoms with van der Waals surface area (Å²) in [6.45, 7) is 2.37. The maximum Gasteiger partial charge on any atom is 0.119 e. The summed E-state index contributed by atoms with van der Waals surface area (Å²) >= 11 is 0. The lowest BCUT2D eigenvalue weighted by molar-refractivity contribution is 0.161. The fourth-order valence-electron chi connectivity index (χ4n) is 2.88. The second-order valence-electron chi connectivity index (χ2n) is 6.78. The minimum atomic E-state index is 0.444. The van der Waals surface area contributed by atoms with Gasteiger partial charge in [-0.1, -0.05) is 49.9 Å². The predicted molar refractivity (Wildman–Crippen MR) is 109 cm³/mol. The van der Waals surface area contributed by atoms with Gasteiger partial charge in [0.15, 0.2) is 0 Å². The smallest absolute Gasteiger partial charge is 0.119 e. The summed E-state index contributed by atoms with van der Waals surface area (Å²) in [5.74, 6) is 1.75. The molecule has 2 aromatic rings. The number of ether oxygens (including phenoxy) is 2. The molecule has 0 radical (unpaired) electrons. The van der Waals surface area contributed by atoms with E-state index in [2.05, 4.69) is 11.0 Å². The molecule has 0 saturated heterocycles. The largest absolute Gasteiger partial charge is 0.494 e. The van der Waals surface area contributed by atoms with Crippen LogP contribution in [0.2, 0.25) is 0 Å². The molecule has 0 saturated carbocycles. The van der Waals surface area contributed by atoms with Crippen LogP contribution in [0.25, 0.3) is 0 Å². The van der Waals surface area contributed by atoms with E-state index in [1.807, 2.05) is 48.5 Å². The molecule has 0 unspecified atom stereocenters. The lowest BCUT2D eigenvalue weighted by Crippen LogP contribution is -2.05. The van der Waals surface area contributed by atoms with Crippen LogP contribution < -0.4 is 20.4 Å². The molecule has 4 N–H and O–H groups in total. The molecule has 2 aromatic carbocycles. The van der Waals surface area contributed by atoms with Crippen LogP contribution in [0.3, 0.4) is 0 Å². The molecule has 6 heteroatoms. The second-order valence-corrected chi connectivity index (χ2v) is 6.78. The van der Waals surface area contributed by atoms with Crippen LogP contribution in [0.15, 0.2) is 48.5 Å². The summed E-state index contributed by atoms with van der Waals surface area (Å²) in [5.41, 5.74) is 6.33. The molecule has 0 fully saturated rings. The summed E-state index contributed by atoms with van der Waals surface area (Å²) < 4.78 is 11.5. The second kappa shape index (κ2) is 14.0. The van der Waals surface area contributed by atoms with Crippen molar-refractivity contribution in [1.29, 1.82) is 0 Å². The van der Waals surface area contributed by atoms with Crippen molar-refractivity contribution in [3.8, 4) is 11.5 Å². The number of hydroxylamine groups is 2. The summed E-state index contributed by atoms with van der Waals surface area (Å²) in [6.07, 6.45) is 6.90. The van der Waals surface area contributed by atoms with Crippen LogP contribution in [0, 0.1) is 0 Å². The van der Waals surface area contributed by atoms with Gasteiger partial charge in [0, 0.05) is 13.1 Å². The van der Waals surface area contributed by atoms with Crippen LogP contribution in [-0.2, 0) is 13.1 Å². The number of nitrogens with one attached hydrogen (secondary N) is 2. The Labute approximate surface area is 167 Å². The first-order valence-corrected chi connectivity index (χ1v) is 9.99. The van der Waals surface area contributed by atoms with E-state index in [9.17, 15) is 0 Å². The summed E-state index contributed by atoms with van der Waals surface area (Å²) in [6, 6.07) is 15.5. The van der Waals surface area contributed by atoms with Gasteiger partial charge in [-0.05, 0) is 48.2 Å². The first-order valence-electron chi connectivity index (χ1n) is 9.99. The van der Waals surface area contributed by atoms with Crippen LogP contribution >= 0.6 is 0 Å². The maximum atomic E-state index is 8.66. The third-order valence-electron chi connectivity index (χ3n) is 4.49. The van der Waals surface area contributed by atoms with Crippen molar-refractivity contribution in [2.75, 3.05) is 13.2 Å². The zero-order chi connectivity index (χ0) is 19.9. The lowest BCUT2D eigenvalue weighted by atomic mass is 10.1. The Morgan fingerprint density at radius 2 is 0.893 bits per heavy atom. The van der Waals surface area contributed by atoms with Gasteiger partial charge in [0.05, 0.1) is 13.2 Å². The van der Waals surface area contributed by atoms with Crippen LogP contribution in [0.5, 0.6) is 11.5 Å². The summed E-state index contributed by atoms with van der Waals surface area (Å²) in [7, 11) is 0. The van der Waals surface area contributed by atoms with Gasteiger partial charge in [-0.2, -0.15) is 0 Å². The Bertz CT molecular complexity index is 574. The Morgan fingerprint density at radius 3 is 1.25 bits per heavy atom. The Balaban J connectivity index is 1.42. The number of rotatable bonds is 15. The van der Waals surface area contributed by atoms with Gasteiger partial charge in [-0.3, -0.25) is 0 Å². The molecule has 0 spiro atoms. The fourth-order valence-corrected chi connectivity index (χ4v) is 2.88. The fraction of sp³-hybridized carbons (Fsp3) is 0.455. The lowest BCUT2D eigenvalue weighted by Gasteiger charge is -2.08. The molecule has 0 heterocycles. The van der Waals surface area contributed by atoms with Crippen molar-refractivity contribution in [2.24, 2.45) is 0 Å². The highest BCUT2D eigenvalue weighted by atomic mass is 16.5. The van der Waals surface area contributed by atoms with Gasteiger partial charge in [-0.25, -0.2) is 11.0 Å². The highest BCUT2D eigenvalue weighted by molar-refractivity contribution is 5.27. The molecular formula is C22H32N2O4. The van der Waals surface area contributed by atoms with Gasteiger partial charge in [0.1, 0.15) is 11.5 Å². The minimum Gasteiger partial charge on any atom is -0.494 e. The van der Waals surface area contributed by atoms with Gasteiger partial charge >= 0.3 is 0 Å². The molecule has 0 aromatic heterocycles. The van der Waals surface area contributed by atoms with Crippen molar-refractivity contribution >= 4 is 0 Å². The van der Waals surface area contributed by atoms with E-state index in [4.69, 9.17) is 19.9 Å². The van der Waals surface area contributed by atoms with E-state index in [1.165, 1.54) is 25.7 Å². The van der Waals surface area contributed by atoms with Crippen LogP contribution in [0.1, 0.15) is 49.7 Å².